The number of halogens is 1. The second-order valence-electron chi connectivity index (χ2n) is 8.49. The van der Waals surface area contributed by atoms with Crippen LogP contribution < -0.4 is 10.1 Å². The number of carbonyl (C=O) groups is 1. The van der Waals surface area contributed by atoms with E-state index < -0.39 is 0 Å². The zero-order valence-electron chi connectivity index (χ0n) is 18.1. The van der Waals surface area contributed by atoms with Crippen molar-refractivity contribution in [2.75, 3.05) is 26.2 Å². The Morgan fingerprint density at radius 1 is 1.19 bits per heavy atom. The van der Waals surface area contributed by atoms with E-state index in [2.05, 4.69) is 29.2 Å². The number of likely N-dealkylation sites (tertiary alicyclic amines) is 1. The lowest BCUT2D eigenvalue weighted by molar-refractivity contribution is 0.0947. The van der Waals surface area contributed by atoms with E-state index in [1.165, 1.54) is 25.0 Å². The average molecular weight is 425 g/mol. The maximum Gasteiger partial charge on any atom is 0.255 e. The van der Waals surface area contributed by atoms with Gasteiger partial charge >= 0.3 is 0 Å². The van der Waals surface area contributed by atoms with E-state index in [1.54, 1.807) is 18.3 Å². The summed E-state index contributed by atoms with van der Waals surface area (Å²) in [7, 11) is 0. The van der Waals surface area contributed by atoms with Crippen LogP contribution in [-0.4, -0.2) is 46.8 Å². The summed E-state index contributed by atoms with van der Waals surface area (Å²) in [5.74, 6) is 0.812. The number of fused-ring (bicyclic) bond motifs is 1. The average Bonchev–Trinajstić information content (AvgIpc) is 3.39. The maximum atomic E-state index is 13.3. The summed E-state index contributed by atoms with van der Waals surface area (Å²) >= 11 is 0. The molecule has 2 heterocycles. The molecule has 1 fully saturated rings. The highest BCUT2D eigenvalue weighted by molar-refractivity contribution is 6.01. The number of benzene rings is 2. The number of nitrogens with zero attached hydrogens (tertiary/aromatic N) is 3. The molecule has 1 saturated heterocycles. The molecule has 3 aromatic rings. The number of rotatable bonds is 8. The number of hydrogen-bond donors (Lipinski definition) is 1. The van der Waals surface area contributed by atoms with Crippen LogP contribution >= 0.6 is 0 Å². The van der Waals surface area contributed by atoms with Crippen LogP contribution in [0.3, 0.4) is 0 Å². The lowest BCUT2D eigenvalue weighted by Gasteiger charge is -2.16. The minimum Gasteiger partial charge on any atom is -0.457 e. The molecule has 0 aliphatic carbocycles. The van der Waals surface area contributed by atoms with Crippen molar-refractivity contribution in [3.63, 3.8) is 0 Å². The van der Waals surface area contributed by atoms with E-state index in [-0.39, 0.29) is 11.7 Å². The molecule has 0 spiro atoms. The quantitative estimate of drug-likeness (QED) is 0.580. The highest BCUT2D eigenvalue weighted by atomic mass is 19.1. The highest BCUT2D eigenvalue weighted by Crippen LogP contribution is 2.30. The number of hydrogen-bond acceptors (Lipinski definition) is 4. The molecule has 1 N–H and O–H groups in total. The van der Waals surface area contributed by atoms with Crippen LogP contribution in [0.1, 0.15) is 37.0 Å². The standard InChI is InChI=1S/C24H29FN4O2/c1-17(2)16-29-22-14-21(24(30)26-9-12-28-10-3-4-11-28)23(13-18(22)15-27-29)31-20-7-5-19(25)6-8-20/h5-8,13-15,17H,3-4,9-12,16H2,1-2H3,(H,26,30). The molecule has 1 amide bonds. The van der Waals surface area contributed by atoms with Crippen LogP contribution in [0, 0.1) is 11.7 Å². The Balaban J connectivity index is 1.61. The fraction of sp³-hybridized carbons (Fsp3) is 0.417. The van der Waals surface area contributed by atoms with Crippen molar-refractivity contribution in [3.05, 3.63) is 54.0 Å². The van der Waals surface area contributed by atoms with E-state index in [1.807, 2.05) is 16.8 Å². The van der Waals surface area contributed by atoms with Crippen molar-refractivity contribution in [2.24, 2.45) is 5.92 Å². The topological polar surface area (TPSA) is 59.4 Å². The Morgan fingerprint density at radius 3 is 2.65 bits per heavy atom. The smallest absolute Gasteiger partial charge is 0.255 e. The van der Waals surface area contributed by atoms with Crippen molar-refractivity contribution in [1.82, 2.24) is 20.0 Å². The molecular weight excluding hydrogens is 395 g/mol. The third kappa shape index (κ3) is 5.22. The lowest BCUT2D eigenvalue weighted by atomic mass is 10.1. The number of aromatic nitrogens is 2. The molecule has 7 heteroatoms. The maximum absolute atomic E-state index is 13.3. The summed E-state index contributed by atoms with van der Waals surface area (Å²) in [6.07, 6.45) is 4.23. The van der Waals surface area contributed by atoms with Crippen molar-refractivity contribution in [1.29, 1.82) is 0 Å². The van der Waals surface area contributed by atoms with Crippen LogP contribution in [0.4, 0.5) is 4.39 Å². The summed E-state index contributed by atoms with van der Waals surface area (Å²) < 4.78 is 21.2. The predicted octanol–water partition coefficient (Wildman–Crippen LogP) is 4.45. The number of amides is 1. The molecule has 4 rings (SSSR count). The fourth-order valence-corrected chi connectivity index (χ4v) is 3.92. The van der Waals surface area contributed by atoms with Crippen molar-refractivity contribution < 1.29 is 13.9 Å². The zero-order chi connectivity index (χ0) is 21.8. The first-order valence-electron chi connectivity index (χ1n) is 10.9. The predicted molar refractivity (Wildman–Crippen MR) is 119 cm³/mol. The van der Waals surface area contributed by atoms with Gasteiger partial charge in [0.1, 0.15) is 17.3 Å². The van der Waals surface area contributed by atoms with Gasteiger partial charge in [-0.2, -0.15) is 5.10 Å². The fourth-order valence-electron chi connectivity index (χ4n) is 3.92. The van der Waals surface area contributed by atoms with Gasteiger partial charge in [0.15, 0.2) is 0 Å². The van der Waals surface area contributed by atoms with Crippen LogP contribution in [0.25, 0.3) is 10.9 Å². The number of ether oxygens (including phenoxy) is 1. The molecule has 0 atom stereocenters. The molecule has 1 aromatic heterocycles. The second kappa shape index (κ2) is 9.47. The third-order valence-electron chi connectivity index (χ3n) is 5.48. The Bertz CT molecular complexity index is 1040. The van der Waals surface area contributed by atoms with Gasteiger partial charge in [-0.05, 0) is 68.2 Å². The van der Waals surface area contributed by atoms with Gasteiger partial charge < -0.3 is 15.0 Å². The van der Waals surface area contributed by atoms with E-state index in [9.17, 15) is 9.18 Å². The Hall–Kier alpha value is -2.93. The van der Waals surface area contributed by atoms with Crippen LogP contribution in [-0.2, 0) is 6.54 Å². The molecule has 1 aliphatic rings. The van der Waals surface area contributed by atoms with Crippen molar-refractivity contribution in [3.8, 4) is 11.5 Å². The number of carbonyl (C=O) groups excluding carboxylic acids is 1. The van der Waals surface area contributed by atoms with Gasteiger partial charge in [0, 0.05) is 25.0 Å². The van der Waals surface area contributed by atoms with Crippen LogP contribution in [0.5, 0.6) is 11.5 Å². The molecule has 0 radical (unpaired) electrons. The van der Waals surface area contributed by atoms with E-state index >= 15 is 0 Å². The summed E-state index contributed by atoms with van der Waals surface area (Å²) in [5.41, 5.74) is 1.34. The Kier molecular flexibility index (Phi) is 6.51. The normalized spacial score (nSPS) is 14.5. The monoisotopic (exact) mass is 424 g/mol. The molecular formula is C24H29FN4O2. The Labute approximate surface area is 182 Å². The third-order valence-corrected chi connectivity index (χ3v) is 5.48. The first kappa shape index (κ1) is 21.3. The first-order chi connectivity index (χ1) is 15.0. The van der Waals surface area contributed by atoms with E-state index in [0.717, 1.165) is 37.1 Å². The summed E-state index contributed by atoms with van der Waals surface area (Å²) in [6, 6.07) is 9.45. The molecule has 2 aromatic carbocycles. The van der Waals surface area contributed by atoms with E-state index in [0.29, 0.717) is 29.5 Å². The van der Waals surface area contributed by atoms with Gasteiger partial charge in [0.2, 0.25) is 0 Å². The molecule has 0 bridgehead atoms. The molecule has 1 aliphatic heterocycles. The van der Waals surface area contributed by atoms with Gasteiger partial charge in [-0.3, -0.25) is 9.48 Å². The van der Waals surface area contributed by atoms with Gasteiger partial charge in [-0.1, -0.05) is 13.8 Å². The largest absolute Gasteiger partial charge is 0.457 e. The SMILES string of the molecule is CC(C)Cn1ncc2cc(Oc3ccc(F)cc3)c(C(=O)NCCN3CCCC3)cc21. The molecule has 6 nitrogen and oxygen atoms in total. The van der Waals surface area contributed by atoms with Gasteiger partial charge in [-0.15, -0.1) is 0 Å². The molecule has 0 unspecified atom stereocenters. The zero-order valence-corrected chi connectivity index (χ0v) is 18.1. The summed E-state index contributed by atoms with van der Waals surface area (Å²) in [5, 5.41) is 8.41. The van der Waals surface area contributed by atoms with E-state index in [4.69, 9.17) is 4.74 Å². The number of nitrogens with one attached hydrogen (secondary N) is 1. The second-order valence-corrected chi connectivity index (χ2v) is 8.49. The lowest BCUT2D eigenvalue weighted by Crippen LogP contribution is -2.33. The van der Waals surface area contributed by atoms with Crippen molar-refractivity contribution in [2.45, 2.75) is 33.2 Å². The van der Waals surface area contributed by atoms with Gasteiger partial charge in [0.05, 0.1) is 17.3 Å². The first-order valence-corrected chi connectivity index (χ1v) is 10.9. The van der Waals surface area contributed by atoms with Crippen LogP contribution in [0.15, 0.2) is 42.6 Å². The molecule has 31 heavy (non-hydrogen) atoms. The Morgan fingerprint density at radius 2 is 1.94 bits per heavy atom. The summed E-state index contributed by atoms with van der Waals surface area (Å²) in [4.78, 5) is 15.4. The molecule has 164 valence electrons. The minimum absolute atomic E-state index is 0.185. The minimum atomic E-state index is -0.336. The van der Waals surface area contributed by atoms with Gasteiger partial charge in [-0.25, -0.2) is 4.39 Å². The van der Waals surface area contributed by atoms with Gasteiger partial charge in [0.25, 0.3) is 5.91 Å². The van der Waals surface area contributed by atoms with Crippen LogP contribution in [0.2, 0.25) is 0 Å². The highest BCUT2D eigenvalue weighted by Gasteiger charge is 2.18. The van der Waals surface area contributed by atoms with Crippen molar-refractivity contribution >= 4 is 16.8 Å². The summed E-state index contributed by atoms with van der Waals surface area (Å²) in [6.45, 7) is 8.63. The molecule has 0 saturated carbocycles.